The molecule has 0 aliphatic rings. The minimum Gasteiger partial charge on any atom is -0.466 e. The van der Waals surface area contributed by atoms with Crippen molar-refractivity contribution in [2.75, 3.05) is 7.11 Å². The van der Waals surface area contributed by atoms with Crippen LogP contribution in [0.15, 0.2) is 42.2 Å². The Kier molecular flexibility index (Phi) is 3.73. The fourth-order valence-electron chi connectivity index (χ4n) is 0.929. The lowest BCUT2D eigenvalue weighted by molar-refractivity contribution is -0.135. The Morgan fingerprint density at radius 1 is 1.29 bits per heavy atom. The van der Waals surface area contributed by atoms with Crippen LogP contribution in [0.5, 0.6) is 5.75 Å². The molecule has 0 aromatic heterocycles. The first-order valence-corrected chi connectivity index (χ1v) is 4.21. The highest BCUT2D eigenvalue weighted by Gasteiger charge is 1.98. The smallest absolute Gasteiger partial charge is 0.333 e. The molecule has 0 unspecified atom stereocenters. The highest BCUT2D eigenvalue weighted by atomic mass is 16.5. The molecule has 1 aromatic carbocycles. The summed E-state index contributed by atoms with van der Waals surface area (Å²) in [6, 6.07) is 9.25. The Balaban J connectivity index is 2.61. The van der Waals surface area contributed by atoms with Gasteiger partial charge >= 0.3 is 5.97 Å². The molecule has 1 aromatic rings. The summed E-state index contributed by atoms with van der Waals surface area (Å²) in [5.41, 5.74) is 0. The number of esters is 1. The van der Waals surface area contributed by atoms with Crippen molar-refractivity contribution in [3.63, 3.8) is 0 Å². The van der Waals surface area contributed by atoms with Crippen LogP contribution in [0.1, 0.15) is 6.92 Å². The Morgan fingerprint density at radius 3 is 2.50 bits per heavy atom. The molecule has 3 nitrogen and oxygen atoms in total. The third-order valence-corrected chi connectivity index (χ3v) is 1.54. The van der Waals surface area contributed by atoms with E-state index in [-0.39, 0.29) is 0 Å². The maximum atomic E-state index is 10.8. The van der Waals surface area contributed by atoms with Crippen molar-refractivity contribution in [1.82, 2.24) is 0 Å². The lowest BCUT2D eigenvalue weighted by Gasteiger charge is -2.04. The van der Waals surface area contributed by atoms with Crippen molar-refractivity contribution in [3.8, 4) is 5.75 Å². The summed E-state index contributed by atoms with van der Waals surface area (Å²) in [5.74, 6) is 0.784. The molecule has 0 N–H and O–H groups in total. The lowest BCUT2D eigenvalue weighted by atomic mass is 10.3. The fourth-order valence-corrected chi connectivity index (χ4v) is 0.929. The molecular weight excluding hydrogens is 180 g/mol. The third kappa shape index (κ3) is 3.31. The number of hydrogen-bond acceptors (Lipinski definition) is 3. The Labute approximate surface area is 83.0 Å². The predicted molar refractivity (Wildman–Crippen MR) is 52.8 cm³/mol. The molecule has 1 rings (SSSR count). The number of benzene rings is 1. The molecule has 0 spiro atoms. The standard InChI is InChI=1S/C11H12O3/c1-9(8-11(12)13-2)14-10-6-4-3-5-7-10/h3-8H,1-2H3/b9-8+. The number of ether oxygens (including phenoxy) is 2. The minimum atomic E-state index is -0.418. The van der Waals surface area contributed by atoms with Crippen LogP contribution < -0.4 is 4.74 Å². The molecule has 14 heavy (non-hydrogen) atoms. The van der Waals surface area contributed by atoms with E-state index in [4.69, 9.17) is 4.74 Å². The number of rotatable bonds is 3. The van der Waals surface area contributed by atoms with Gasteiger partial charge in [0.05, 0.1) is 13.2 Å². The van der Waals surface area contributed by atoms with Crippen molar-refractivity contribution < 1.29 is 14.3 Å². The number of methoxy groups -OCH3 is 1. The number of carbonyl (C=O) groups excluding carboxylic acids is 1. The summed E-state index contributed by atoms with van der Waals surface area (Å²) < 4.78 is 9.81. The van der Waals surface area contributed by atoms with Crippen LogP contribution in [0.25, 0.3) is 0 Å². The van der Waals surface area contributed by atoms with Gasteiger partial charge in [-0.25, -0.2) is 4.79 Å². The Hall–Kier alpha value is -1.77. The van der Waals surface area contributed by atoms with Gasteiger partial charge in [0.2, 0.25) is 0 Å². The zero-order valence-electron chi connectivity index (χ0n) is 8.19. The van der Waals surface area contributed by atoms with Crippen molar-refractivity contribution in [1.29, 1.82) is 0 Å². The largest absolute Gasteiger partial charge is 0.466 e. The third-order valence-electron chi connectivity index (χ3n) is 1.54. The highest BCUT2D eigenvalue weighted by Crippen LogP contribution is 2.12. The molecule has 0 aliphatic carbocycles. The van der Waals surface area contributed by atoms with Gasteiger partial charge in [-0.3, -0.25) is 0 Å². The van der Waals surface area contributed by atoms with Crippen LogP contribution in [0.2, 0.25) is 0 Å². The maximum Gasteiger partial charge on any atom is 0.333 e. The first-order valence-electron chi connectivity index (χ1n) is 4.21. The van der Waals surface area contributed by atoms with E-state index in [1.807, 2.05) is 30.3 Å². The second-order valence-corrected chi connectivity index (χ2v) is 2.69. The van der Waals surface area contributed by atoms with Crippen molar-refractivity contribution >= 4 is 5.97 Å². The van der Waals surface area contributed by atoms with Gasteiger partial charge in [-0.1, -0.05) is 18.2 Å². The van der Waals surface area contributed by atoms with Crippen LogP contribution in [0, 0.1) is 0 Å². The zero-order valence-corrected chi connectivity index (χ0v) is 8.19. The van der Waals surface area contributed by atoms with Crippen LogP contribution in [-0.2, 0) is 9.53 Å². The summed E-state index contributed by atoms with van der Waals surface area (Å²) in [6.07, 6.45) is 1.30. The topological polar surface area (TPSA) is 35.5 Å². The van der Waals surface area contributed by atoms with E-state index in [1.165, 1.54) is 13.2 Å². The molecule has 0 saturated heterocycles. The second kappa shape index (κ2) is 5.07. The van der Waals surface area contributed by atoms with Crippen LogP contribution in [0.4, 0.5) is 0 Å². The van der Waals surface area contributed by atoms with Gasteiger partial charge in [0.1, 0.15) is 11.5 Å². The van der Waals surface area contributed by atoms with E-state index < -0.39 is 5.97 Å². The fraction of sp³-hybridized carbons (Fsp3) is 0.182. The number of para-hydroxylation sites is 1. The van der Waals surface area contributed by atoms with E-state index in [2.05, 4.69) is 4.74 Å². The van der Waals surface area contributed by atoms with E-state index in [0.29, 0.717) is 11.5 Å². The van der Waals surface area contributed by atoms with Gasteiger partial charge in [-0.2, -0.15) is 0 Å². The molecule has 0 saturated carbocycles. The molecule has 0 fully saturated rings. The van der Waals surface area contributed by atoms with Gasteiger partial charge in [0.25, 0.3) is 0 Å². The van der Waals surface area contributed by atoms with Crippen LogP contribution in [-0.4, -0.2) is 13.1 Å². The minimum absolute atomic E-state index is 0.418. The SMILES string of the molecule is COC(=O)/C=C(\C)Oc1ccccc1. The number of allylic oxidation sites excluding steroid dienone is 1. The molecule has 0 amide bonds. The van der Waals surface area contributed by atoms with Gasteiger partial charge in [-0.05, 0) is 19.1 Å². The monoisotopic (exact) mass is 192 g/mol. The zero-order chi connectivity index (χ0) is 10.4. The first kappa shape index (κ1) is 10.3. The molecule has 74 valence electrons. The van der Waals surface area contributed by atoms with Crippen LogP contribution in [0.3, 0.4) is 0 Å². The number of hydrogen-bond donors (Lipinski definition) is 0. The Bertz CT molecular complexity index is 328. The van der Waals surface area contributed by atoms with Crippen LogP contribution >= 0.6 is 0 Å². The molecule has 0 heterocycles. The lowest BCUT2D eigenvalue weighted by Crippen LogP contribution is -1.99. The average molecular weight is 192 g/mol. The van der Waals surface area contributed by atoms with Gasteiger partial charge in [0.15, 0.2) is 0 Å². The summed E-state index contributed by atoms with van der Waals surface area (Å²) in [6.45, 7) is 1.70. The summed E-state index contributed by atoms with van der Waals surface area (Å²) in [7, 11) is 1.33. The van der Waals surface area contributed by atoms with Crippen molar-refractivity contribution in [2.45, 2.75) is 6.92 Å². The molecule has 0 bridgehead atoms. The summed E-state index contributed by atoms with van der Waals surface area (Å²) in [5, 5.41) is 0. The Morgan fingerprint density at radius 2 is 1.93 bits per heavy atom. The quantitative estimate of drug-likeness (QED) is 0.418. The van der Waals surface area contributed by atoms with Crippen molar-refractivity contribution in [3.05, 3.63) is 42.2 Å². The maximum absolute atomic E-state index is 10.8. The summed E-state index contributed by atoms with van der Waals surface area (Å²) in [4.78, 5) is 10.8. The van der Waals surface area contributed by atoms with Gasteiger partial charge in [-0.15, -0.1) is 0 Å². The van der Waals surface area contributed by atoms with Gasteiger partial charge < -0.3 is 9.47 Å². The van der Waals surface area contributed by atoms with E-state index in [9.17, 15) is 4.79 Å². The molecule has 3 heteroatoms. The van der Waals surface area contributed by atoms with E-state index in [0.717, 1.165) is 0 Å². The molecular formula is C11H12O3. The van der Waals surface area contributed by atoms with E-state index >= 15 is 0 Å². The normalized spacial score (nSPS) is 10.9. The first-order chi connectivity index (χ1) is 6.72. The number of carbonyl (C=O) groups is 1. The highest BCUT2D eigenvalue weighted by molar-refractivity contribution is 5.82. The van der Waals surface area contributed by atoms with Crippen molar-refractivity contribution in [2.24, 2.45) is 0 Å². The summed E-state index contributed by atoms with van der Waals surface area (Å²) >= 11 is 0. The molecule has 0 radical (unpaired) electrons. The van der Waals surface area contributed by atoms with Gasteiger partial charge in [0, 0.05) is 0 Å². The molecule has 0 atom stereocenters. The average Bonchev–Trinajstić information content (AvgIpc) is 2.19. The predicted octanol–water partition coefficient (Wildman–Crippen LogP) is 2.14. The second-order valence-electron chi connectivity index (χ2n) is 2.69. The molecule has 0 aliphatic heterocycles. The van der Waals surface area contributed by atoms with E-state index in [1.54, 1.807) is 6.92 Å².